The summed E-state index contributed by atoms with van der Waals surface area (Å²) in [5.74, 6) is -0.0851. The lowest BCUT2D eigenvalue weighted by Crippen LogP contribution is -2.39. The van der Waals surface area contributed by atoms with Crippen LogP contribution < -0.4 is 9.50 Å². The molecule has 0 radical (unpaired) electrons. The number of carbonyl (C=O) groups is 1. The molecule has 6 nitrogen and oxygen atoms in total. The Hall–Kier alpha value is -4.05. The molecule has 0 aliphatic carbocycles. The average molecular weight is 543 g/mol. The van der Waals surface area contributed by atoms with E-state index in [4.69, 9.17) is 4.18 Å². The predicted octanol–water partition coefficient (Wildman–Crippen LogP) is 7.07. The zero-order valence-electron chi connectivity index (χ0n) is 20.6. The van der Waals surface area contributed by atoms with Crippen molar-refractivity contribution in [3.63, 3.8) is 0 Å². The number of rotatable bonds is 7. The fraction of sp³-hybridized carbons (Fsp3) is 0.179. The Bertz CT molecular complexity index is 1560. The number of hydrogen-bond donors (Lipinski definition) is 1. The predicted molar refractivity (Wildman–Crippen MR) is 139 cm³/mol. The van der Waals surface area contributed by atoms with Gasteiger partial charge >= 0.3 is 22.3 Å². The molecule has 0 saturated heterocycles. The second kappa shape index (κ2) is 10.7. The molecular weight excluding hydrogens is 517 g/mol. The summed E-state index contributed by atoms with van der Waals surface area (Å²) >= 11 is 0. The molecule has 0 heterocycles. The quantitative estimate of drug-likeness (QED) is 0.254. The van der Waals surface area contributed by atoms with Crippen molar-refractivity contribution >= 4 is 32.6 Å². The van der Waals surface area contributed by atoms with Gasteiger partial charge in [-0.2, -0.15) is 21.6 Å². The highest BCUT2D eigenvalue weighted by Gasteiger charge is 2.32. The minimum Gasteiger partial charge on any atom is -0.379 e. The minimum absolute atomic E-state index is 0.0851. The Balaban J connectivity index is 1.53. The standard InChI is InChI=1S/C28H25F3N2O4S/c1-19(2)33(27(34)32-26-15-6-10-21-9-3-4-14-25(21)26)18-20-8-5-12-23(16-20)37-38(35,36)24-13-7-11-22(17-24)28(29,30)31/h3-17,19H,18H2,1-2H3,(H,32,34). The molecule has 2 amide bonds. The minimum atomic E-state index is -4.70. The van der Waals surface area contributed by atoms with Crippen molar-refractivity contribution < 1.29 is 30.6 Å². The van der Waals surface area contributed by atoms with Crippen LogP contribution in [-0.4, -0.2) is 25.4 Å². The van der Waals surface area contributed by atoms with E-state index in [1.807, 2.05) is 56.3 Å². The van der Waals surface area contributed by atoms with E-state index in [0.717, 1.165) is 29.0 Å². The maximum Gasteiger partial charge on any atom is 0.416 e. The summed E-state index contributed by atoms with van der Waals surface area (Å²) in [5, 5.41) is 4.82. The molecule has 0 bridgehead atoms. The normalized spacial score (nSPS) is 11.9. The molecule has 0 atom stereocenters. The summed E-state index contributed by atoms with van der Waals surface area (Å²) < 4.78 is 69.6. The molecule has 198 valence electrons. The van der Waals surface area contributed by atoms with Crippen molar-refractivity contribution in [2.24, 2.45) is 0 Å². The van der Waals surface area contributed by atoms with Crippen molar-refractivity contribution in [2.45, 2.75) is 37.5 Å². The van der Waals surface area contributed by atoms with Gasteiger partial charge in [0.05, 0.1) is 11.3 Å². The molecule has 0 saturated carbocycles. The molecule has 0 aromatic heterocycles. The first-order chi connectivity index (χ1) is 17.9. The molecule has 0 unspecified atom stereocenters. The summed E-state index contributed by atoms with van der Waals surface area (Å²) in [7, 11) is -4.53. The molecule has 4 aromatic carbocycles. The Labute approximate surface area is 218 Å². The molecule has 4 aromatic rings. The van der Waals surface area contributed by atoms with Crippen LogP contribution in [0.1, 0.15) is 25.0 Å². The van der Waals surface area contributed by atoms with Crippen molar-refractivity contribution in [3.05, 3.63) is 102 Å². The van der Waals surface area contributed by atoms with Gasteiger partial charge in [-0.3, -0.25) is 0 Å². The SMILES string of the molecule is CC(C)N(Cc1cccc(OS(=O)(=O)c2cccc(C(F)(F)F)c2)c1)C(=O)Nc1cccc2ccccc12. The number of nitrogens with one attached hydrogen (secondary N) is 1. The zero-order valence-corrected chi connectivity index (χ0v) is 21.4. The Morgan fingerprint density at radius 1 is 0.921 bits per heavy atom. The summed E-state index contributed by atoms with van der Waals surface area (Å²) in [4.78, 5) is 14.2. The second-order valence-electron chi connectivity index (χ2n) is 8.89. The Kier molecular flexibility index (Phi) is 7.63. The zero-order chi connectivity index (χ0) is 27.5. The lowest BCUT2D eigenvalue weighted by molar-refractivity contribution is -0.137. The van der Waals surface area contributed by atoms with E-state index >= 15 is 0 Å². The Morgan fingerprint density at radius 2 is 1.61 bits per heavy atom. The van der Waals surface area contributed by atoms with Gasteiger partial charge in [-0.25, -0.2) is 4.79 Å². The van der Waals surface area contributed by atoms with Crippen LogP contribution in [0.4, 0.5) is 23.7 Å². The van der Waals surface area contributed by atoms with Gasteiger partial charge in [0.1, 0.15) is 10.6 Å². The van der Waals surface area contributed by atoms with E-state index in [0.29, 0.717) is 17.3 Å². The average Bonchev–Trinajstić information content (AvgIpc) is 2.87. The second-order valence-corrected chi connectivity index (χ2v) is 10.4. The lowest BCUT2D eigenvalue weighted by Gasteiger charge is -2.27. The molecule has 4 rings (SSSR count). The van der Waals surface area contributed by atoms with Crippen molar-refractivity contribution in [1.82, 2.24) is 4.90 Å². The molecule has 38 heavy (non-hydrogen) atoms. The fourth-order valence-electron chi connectivity index (χ4n) is 3.91. The Morgan fingerprint density at radius 3 is 2.34 bits per heavy atom. The first kappa shape index (κ1) is 27.0. The van der Waals surface area contributed by atoms with Gasteiger partial charge in [0.25, 0.3) is 0 Å². The number of benzene rings is 4. The molecule has 0 fully saturated rings. The van der Waals surface area contributed by atoms with Crippen LogP contribution in [-0.2, 0) is 22.8 Å². The van der Waals surface area contributed by atoms with E-state index in [-0.39, 0.29) is 24.4 Å². The number of fused-ring (bicyclic) bond motifs is 1. The monoisotopic (exact) mass is 542 g/mol. The van der Waals surface area contributed by atoms with Crippen LogP contribution in [0, 0.1) is 0 Å². The number of carbonyl (C=O) groups excluding carboxylic acids is 1. The van der Waals surface area contributed by atoms with Gasteiger partial charge in [0.15, 0.2) is 0 Å². The van der Waals surface area contributed by atoms with E-state index in [9.17, 15) is 26.4 Å². The number of alkyl halides is 3. The molecule has 0 aliphatic heterocycles. The highest BCUT2D eigenvalue weighted by atomic mass is 32.2. The highest BCUT2D eigenvalue weighted by Crippen LogP contribution is 2.31. The van der Waals surface area contributed by atoms with Crippen LogP contribution in [0.3, 0.4) is 0 Å². The van der Waals surface area contributed by atoms with Crippen molar-refractivity contribution in [3.8, 4) is 5.75 Å². The maximum absolute atomic E-state index is 13.2. The first-order valence-corrected chi connectivity index (χ1v) is 13.1. The summed E-state index contributed by atoms with van der Waals surface area (Å²) in [5.41, 5.74) is 0.132. The highest BCUT2D eigenvalue weighted by molar-refractivity contribution is 7.87. The van der Waals surface area contributed by atoms with E-state index in [1.165, 1.54) is 12.1 Å². The molecular formula is C28H25F3N2O4S. The first-order valence-electron chi connectivity index (χ1n) is 11.7. The third-order valence-corrected chi connectivity index (χ3v) is 7.07. The third-order valence-electron chi connectivity index (χ3n) is 5.82. The molecule has 1 N–H and O–H groups in total. The van der Waals surface area contributed by atoms with Crippen LogP contribution in [0.25, 0.3) is 10.8 Å². The lowest BCUT2D eigenvalue weighted by atomic mass is 10.1. The number of urea groups is 1. The molecule has 10 heteroatoms. The maximum atomic E-state index is 13.2. The smallest absolute Gasteiger partial charge is 0.379 e. The third kappa shape index (κ3) is 6.25. The van der Waals surface area contributed by atoms with E-state index in [2.05, 4.69) is 5.32 Å². The molecule has 0 spiro atoms. The van der Waals surface area contributed by atoms with Crippen LogP contribution in [0.15, 0.2) is 95.9 Å². The van der Waals surface area contributed by atoms with Gasteiger partial charge in [0.2, 0.25) is 0 Å². The number of amides is 2. The van der Waals surface area contributed by atoms with Crippen LogP contribution >= 0.6 is 0 Å². The van der Waals surface area contributed by atoms with Gasteiger partial charge in [-0.15, -0.1) is 0 Å². The van der Waals surface area contributed by atoms with E-state index in [1.54, 1.807) is 17.0 Å². The summed E-state index contributed by atoms with van der Waals surface area (Å²) in [6, 6.07) is 22.1. The number of nitrogens with zero attached hydrogens (tertiary/aromatic N) is 1. The van der Waals surface area contributed by atoms with Gasteiger partial charge in [0, 0.05) is 18.0 Å². The van der Waals surface area contributed by atoms with Crippen LogP contribution in [0.2, 0.25) is 0 Å². The van der Waals surface area contributed by atoms with Gasteiger partial charge in [-0.1, -0.05) is 54.6 Å². The van der Waals surface area contributed by atoms with Crippen LogP contribution in [0.5, 0.6) is 5.75 Å². The number of anilines is 1. The largest absolute Gasteiger partial charge is 0.416 e. The van der Waals surface area contributed by atoms with Crippen molar-refractivity contribution in [2.75, 3.05) is 5.32 Å². The number of hydrogen-bond acceptors (Lipinski definition) is 4. The van der Waals surface area contributed by atoms with Gasteiger partial charge < -0.3 is 14.4 Å². The fourth-order valence-corrected chi connectivity index (χ4v) is 4.88. The topological polar surface area (TPSA) is 75.7 Å². The number of halogens is 3. The summed E-state index contributed by atoms with van der Waals surface area (Å²) in [6.07, 6.45) is -4.70. The van der Waals surface area contributed by atoms with Crippen molar-refractivity contribution in [1.29, 1.82) is 0 Å². The van der Waals surface area contributed by atoms with Gasteiger partial charge in [-0.05, 0) is 61.2 Å². The summed E-state index contributed by atoms with van der Waals surface area (Å²) in [6.45, 7) is 3.83. The van der Waals surface area contributed by atoms with E-state index < -0.39 is 26.8 Å². The molecule has 0 aliphatic rings.